The molecule has 0 spiro atoms. The minimum absolute atomic E-state index is 0.219. The second-order valence-corrected chi connectivity index (χ2v) is 6.51. The van der Waals surface area contributed by atoms with Crippen LogP contribution in [0.15, 0.2) is 11.4 Å². The topological polar surface area (TPSA) is 46.3 Å². The van der Waals surface area contributed by atoms with E-state index in [-0.39, 0.29) is 11.8 Å². The molecule has 1 aliphatic rings. The van der Waals surface area contributed by atoms with E-state index >= 15 is 0 Å². The Morgan fingerprint density at radius 1 is 1.55 bits per heavy atom. The first-order valence-electron chi connectivity index (χ1n) is 7.13. The van der Waals surface area contributed by atoms with Crippen LogP contribution in [0.1, 0.15) is 36.6 Å². The van der Waals surface area contributed by atoms with Crippen LogP contribution in [0.2, 0.25) is 0 Å². The summed E-state index contributed by atoms with van der Waals surface area (Å²) in [6, 6.07) is 2.05. The molecule has 2 N–H and O–H groups in total. The first-order chi connectivity index (χ1) is 9.61. The summed E-state index contributed by atoms with van der Waals surface area (Å²) >= 11 is 1.65. The van der Waals surface area contributed by atoms with Crippen molar-refractivity contribution in [2.75, 3.05) is 13.6 Å². The Morgan fingerprint density at radius 2 is 2.35 bits per heavy atom. The van der Waals surface area contributed by atoms with Gasteiger partial charge in [0.05, 0.1) is 13.1 Å². The lowest BCUT2D eigenvalue weighted by Gasteiger charge is -2.22. The number of carbonyl (C=O) groups is 1. The van der Waals surface area contributed by atoms with Crippen LogP contribution in [0.5, 0.6) is 0 Å². The van der Waals surface area contributed by atoms with Gasteiger partial charge in [0.2, 0.25) is 5.91 Å². The van der Waals surface area contributed by atoms with Gasteiger partial charge in [-0.2, -0.15) is 0 Å². The summed E-state index contributed by atoms with van der Waals surface area (Å²) in [7, 11) is 1.90. The van der Waals surface area contributed by atoms with E-state index in [9.17, 15) is 4.79 Å². The van der Waals surface area contributed by atoms with Crippen molar-refractivity contribution < 1.29 is 4.79 Å². The summed E-state index contributed by atoms with van der Waals surface area (Å²) in [6.45, 7) is 3.25. The molecule has 0 aliphatic heterocycles. The molecule has 2 unspecified atom stereocenters. The number of nitrogens with two attached hydrogens (primary N) is 1. The molecule has 108 valence electrons. The molecular weight excluding hydrogens is 268 g/mol. The Kier molecular flexibility index (Phi) is 5.22. The smallest absolute Gasteiger partial charge is 0.226 e. The van der Waals surface area contributed by atoms with Crippen LogP contribution in [-0.2, 0) is 11.3 Å². The van der Waals surface area contributed by atoms with Gasteiger partial charge in [0.25, 0.3) is 0 Å². The minimum Gasteiger partial charge on any atom is -0.340 e. The van der Waals surface area contributed by atoms with Crippen LogP contribution in [0.25, 0.3) is 0 Å². The maximum atomic E-state index is 12.4. The van der Waals surface area contributed by atoms with Gasteiger partial charge >= 0.3 is 0 Å². The van der Waals surface area contributed by atoms with Crippen molar-refractivity contribution in [1.82, 2.24) is 4.90 Å². The molecule has 0 bridgehead atoms. The van der Waals surface area contributed by atoms with Gasteiger partial charge in [-0.05, 0) is 24.8 Å². The van der Waals surface area contributed by atoms with Crippen molar-refractivity contribution >= 4 is 17.2 Å². The number of carbonyl (C=O) groups excluding carboxylic acids is 1. The molecule has 1 aromatic rings. The predicted octanol–water partition coefficient (Wildman–Crippen LogP) is 2.45. The quantitative estimate of drug-likeness (QED) is 0.869. The Balaban J connectivity index is 1.95. The van der Waals surface area contributed by atoms with Crippen LogP contribution < -0.4 is 5.73 Å². The number of nitrogens with zero attached hydrogens (tertiary/aromatic N) is 1. The molecule has 2 atom stereocenters. The zero-order chi connectivity index (χ0) is 14.5. The highest BCUT2D eigenvalue weighted by Gasteiger charge is 2.31. The largest absolute Gasteiger partial charge is 0.340 e. The lowest BCUT2D eigenvalue weighted by molar-refractivity contribution is -0.135. The van der Waals surface area contributed by atoms with E-state index in [1.807, 2.05) is 17.3 Å². The van der Waals surface area contributed by atoms with E-state index in [1.165, 1.54) is 17.7 Å². The number of hydrogen-bond acceptors (Lipinski definition) is 3. The number of amides is 1. The number of thiophene rings is 1. The number of rotatable bonds is 3. The van der Waals surface area contributed by atoms with Gasteiger partial charge in [-0.15, -0.1) is 11.3 Å². The van der Waals surface area contributed by atoms with Crippen LogP contribution in [0.3, 0.4) is 0 Å². The van der Waals surface area contributed by atoms with Gasteiger partial charge < -0.3 is 10.6 Å². The predicted molar refractivity (Wildman–Crippen MR) is 83.2 cm³/mol. The fourth-order valence-electron chi connectivity index (χ4n) is 2.79. The normalized spacial score (nSPS) is 21.4. The first kappa shape index (κ1) is 15.1. The Morgan fingerprint density at radius 3 is 3.00 bits per heavy atom. The third-order valence-electron chi connectivity index (χ3n) is 3.94. The zero-order valence-corrected chi connectivity index (χ0v) is 13.0. The highest BCUT2D eigenvalue weighted by Crippen LogP contribution is 2.32. The molecule has 1 aliphatic carbocycles. The first-order valence-corrected chi connectivity index (χ1v) is 8.01. The number of hydrogen-bond donors (Lipinski definition) is 1. The molecule has 0 aromatic carbocycles. The van der Waals surface area contributed by atoms with Gasteiger partial charge in [0.1, 0.15) is 0 Å². The van der Waals surface area contributed by atoms with Crippen LogP contribution >= 0.6 is 11.3 Å². The minimum atomic E-state index is 0.219. The van der Waals surface area contributed by atoms with E-state index in [0.29, 0.717) is 19.0 Å². The third kappa shape index (κ3) is 3.62. The lowest BCUT2D eigenvalue weighted by Crippen LogP contribution is -2.33. The summed E-state index contributed by atoms with van der Waals surface area (Å²) in [6.07, 6.45) is 3.41. The van der Waals surface area contributed by atoms with Gasteiger partial charge in [0, 0.05) is 28.8 Å². The summed E-state index contributed by atoms with van der Waals surface area (Å²) in [5.74, 6) is 6.91. The third-order valence-corrected chi connectivity index (χ3v) is 4.86. The van der Waals surface area contributed by atoms with Crippen LogP contribution in [-0.4, -0.2) is 24.4 Å². The second-order valence-electron chi connectivity index (χ2n) is 5.52. The maximum Gasteiger partial charge on any atom is 0.226 e. The molecular formula is C16H22N2OS. The highest BCUT2D eigenvalue weighted by molar-refractivity contribution is 7.10. The van der Waals surface area contributed by atoms with E-state index in [1.54, 1.807) is 11.3 Å². The summed E-state index contributed by atoms with van der Waals surface area (Å²) in [5, 5.41) is 2.02. The molecule has 4 heteroatoms. The van der Waals surface area contributed by atoms with Crippen molar-refractivity contribution in [3.63, 3.8) is 0 Å². The van der Waals surface area contributed by atoms with E-state index < -0.39 is 0 Å². The lowest BCUT2D eigenvalue weighted by atomic mass is 9.97. The molecule has 1 aromatic heterocycles. The van der Waals surface area contributed by atoms with E-state index in [4.69, 9.17) is 5.73 Å². The van der Waals surface area contributed by atoms with Gasteiger partial charge in [-0.25, -0.2) is 0 Å². The van der Waals surface area contributed by atoms with Crippen molar-refractivity contribution in [2.24, 2.45) is 17.6 Å². The zero-order valence-electron chi connectivity index (χ0n) is 12.2. The molecule has 1 heterocycles. The standard InChI is InChI=1S/C16H22N2OS/c1-12-5-3-7-15(12)16(19)18(2)10-14-9-13(11-20-14)6-4-8-17/h9,11-12,15H,3,5,7-8,10,17H2,1-2H3. The summed E-state index contributed by atoms with van der Waals surface area (Å²) in [5.41, 5.74) is 6.35. The fraction of sp³-hybridized carbons (Fsp3) is 0.562. The molecule has 2 rings (SSSR count). The molecule has 20 heavy (non-hydrogen) atoms. The average Bonchev–Trinajstić information content (AvgIpc) is 3.04. The molecule has 1 amide bonds. The summed E-state index contributed by atoms with van der Waals surface area (Å²) in [4.78, 5) is 15.5. The fourth-order valence-corrected chi connectivity index (χ4v) is 3.66. The second kappa shape index (κ2) is 6.92. The van der Waals surface area contributed by atoms with Crippen LogP contribution in [0.4, 0.5) is 0 Å². The monoisotopic (exact) mass is 290 g/mol. The Labute approximate surface area is 125 Å². The average molecular weight is 290 g/mol. The molecule has 0 radical (unpaired) electrons. The van der Waals surface area contributed by atoms with Gasteiger partial charge in [-0.3, -0.25) is 4.79 Å². The SMILES string of the molecule is CC1CCCC1C(=O)N(C)Cc1cc(C#CCN)cs1. The van der Waals surface area contributed by atoms with Crippen molar-refractivity contribution in [2.45, 2.75) is 32.7 Å². The maximum absolute atomic E-state index is 12.4. The van der Waals surface area contributed by atoms with Gasteiger partial charge in [-0.1, -0.05) is 25.2 Å². The van der Waals surface area contributed by atoms with Crippen molar-refractivity contribution in [1.29, 1.82) is 0 Å². The van der Waals surface area contributed by atoms with Crippen molar-refractivity contribution in [3.05, 3.63) is 21.9 Å². The Hall–Kier alpha value is -1.31. The molecule has 3 nitrogen and oxygen atoms in total. The highest BCUT2D eigenvalue weighted by atomic mass is 32.1. The van der Waals surface area contributed by atoms with E-state index in [0.717, 1.165) is 12.0 Å². The molecule has 1 fully saturated rings. The summed E-state index contributed by atoms with van der Waals surface area (Å²) < 4.78 is 0. The van der Waals surface area contributed by atoms with Crippen molar-refractivity contribution in [3.8, 4) is 11.8 Å². The van der Waals surface area contributed by atoms with E-state index in [2.05, 4.69) is 24.8 Å². The van der Waals surface area contributed by atoms with Crippen LogP contribution in [0, 0.1) is 23.7 Å². The Bertz CT molecular complexity index is 526. The molecule has 0 saturated heterocycles. The molecule has 1 saturated carbocycles. The van der Waals surface area contributed by atoms with Gasteiger partial charge in [0.15, 0.2) is 0 Å².